The largest absolute Gasteiger partial charge is 0.452 e. The topological polar surface area (TPSA) is 65.5 Å². The summed E-state index contributed by atoms with van der Waals surface area (Å²) in [5, 5.41) is 0.444. The Hall–Kier alpha value is -3.44. The summed E-state index contributed by atoms with van der Waals surface area (Å²) in [5.74, 6) is 0.108. The first-order valence-electron chi connectivity index (χ1n) is 8.48. The molecule has 1 aliphatic rings. The second-order valence-corrected chi connectivity index (χ2v) is 6.67. The van der Waals surface area contributed by atoms with Crippen LogP contribution in [0.2, 0.25) is 5.02 Å². The summed E-state index contributed by atoms with van der Waals surface area (Å²) in [5.41, 5.74) is 2.26. The van der Waals surface area contributed by atoms with Crippen LogP contribution < -0.4 is 9.47 Å². The zero-order valence-corrected chi connectivity index (χ0v) is 15.6. The number of allylic oxidation sites excluding steroid dienone is 1. The predicted octanol–water partition coefficient (Wildman–Crippen LogP) is 4.88. The molecular formula is C22H14ClNO4. The molecule has 0 amide bonds. The highest BCUT2D eigenvalue weighted by atomic mass is 35.5. The van der Waals surface area contributed by atoms with Crippen molar-refractivity contribution in [3.63, 3.8) is 0 Å². The first kappa shape index (κ1) is 17.9. The number of pyridine rings is 1. The highest BCUT2D eigenvalue weighted by Crippen LogP contribution is 2.37. The number of Topliss-reactive ketones (excluding diaryl/α,β-unsaturated/α-hetero) is 1. The zero-order valence-electron chi connectivity index (χ0n) is 14.8. The van der Waals surface area contributed by atoms with Gasteiger partial charge in [0.15, 0.2) is 5.76 Å². The lowest BCUT2D eigenvalue weighted by Gasteiger charge is -2.08. The molecule has 138 valence electrons. The van der Waals surface area contributed by atoms with E-state index in [0.717, 1.165) is 5.56 Å². The number of aromatic nitrogens is 1. The average Bonchev–Trinajstić information content (AvgIpc) is 2.98. The van der Waals surface area contributed by atoms with Crippen molar-refractivity contribution in [2.24, 2.45) is 0 Å². The lowest BCUT2D eigenvalue weighted by Crippen LogP contribution is -2.08. The van der Waals surface area contributed by atoms with Crippen LogP contribution in [0.4, 0.5) is 0 Å². The van der Waals surface area contributed by atoms with E-state index < -0.39 is 5.97 Å². The molecule has 0 aliphatic carbocycles. The van der Waals surface area contributed by atoms with Crippen molar-refractivity contribution in [2.45, 2.75) is 6.92 Å². The first-order valence-corrected chi connectivity index (χ1v) is 8.86. The van der Waals surface area contributed by atoms with E-state index in [0.29, 0.717) is 33.2 Å². The minimum absolute atomic E-state index is 0.211. The van der Waals surface area contributed by atoms with Gasteiger partial charge in [0.2, 0.25) is 5.78 Å². The maximum atomic E-state index is 12.7. The van der Waals surface area contributed by atoms with Crippen molar-refractivity contribution in [3.8, 4) is 11.5 Å². The van der Waals surface area contributed by atoms with Crippen LogP contribution in [0.25, 0.3) is 6.08 Å². The molecule has 3 aromatic rings. The second-order valence-electron chi connectivity index (χ2n) is 6.23. The van der Waals surface area contributed by atoms with Crippen molar-refractivity contribution in [3.05, 3.63) is 94.0 Å². The van der Waals surface area contributed by atoms with Crippen LogP contribution in [0.5, 0.6) is 11.5 Å². The van der Waals surface area contributed by atoms with Crippen LogP contribution in [-0.2, 0) is 0 Å². The van der Waals surface area contributed by atoms with E-state index in [1.54, 1.807) is 61.8 Å². The van der Waals surface area contributed by atoms with Crippen LogP contribution in [-0.4, -0.2) is 16.7 Å². The van der Waals surface area contributed by atoms with Crippen LogP contribution in [0.3, 0.4) is 0 Å². The summed E-state index contributed by atoms with van der Waals surface area (Å²) < 4.78 is 11.2. The Morgan fingerprint density at radius 2 is 1.93 bits per heavy atom. The van der Waals surface area contributed by atoms with Gasteiger partial charge in [-0.3, -0.25) is 9.78 Å². The summed E-state index contributed by atoms with van der Waals surface area (Å²) >= 11 is 5.92. The number of ketones is 1. The van der Waals surface area contributed by atoms with Crippen LogP contribution in [0.15, 0.2) is 66.7 Å². The van der Waals surface area contributed by atoms with E-state index >= 15 is 0 Å². The molecular weight excluding hydrogens is 378 g/mol. The number of carbonyl (C=O) groups excluding carboxylic acids is 2. The van der Waals surface area contributed by atoms with E-state index in [9.17, 15) is 9.59 Å². The highest BCUT2D eigenvalue weighted by molar-refractivity contribution is 6.30. The van der Waals surface area contributed by atoms with Crippen molar-refractivity contribution in [1.29, 1.82) is 0 Å². The fourth-order valence-corrected chi connectivity index (χ4v) is 3.12. The number of aryl methyl sites for hydroxylation is 1. The predicted molar refractivity (Wildman–Crippen MR) is 105 cm³/mol. The van der Waals surface area contributed by atoms with Gasteiger partial charge in [-0.1, -0.05) is 17.7 Å². The lowest BCUT2D eigenvalue weighted by molar-refractivity contribution is 0.0734. The number of hydrogen-bond donors (Lipinski definition) is 0. The number of rotatable bonds is 3. The summed E-state index contributed by atoms with van der Waals surface area (Å²) in [6, 6.07) is 13.2. The van der Waals surface area contributed by atoms with Gasteiger partial charge in [-0.25, -0.2) is 4.79 Å². The monoisotopic (exact) mass is 391 g/mol. The fraction of sp³-hybridized carbons (Fsp3) is 0.0455. The summed E-state index contributed by atoms with van der Waals surface area (Å²) in [7, 11) is 0. The lowest BCUT2D eigenvalue weighted by atomic mass is 10.0. The molecule has 0 atom stereocenters. The molecule has 0 bridgehead atoms. The Morgan fingerprint density at radius 1 is 1.14 bits per heavy atom. The third-order valence-corrected chi connectivity index (χ3v) is 4.45. The van der Waals surface area contributed by atoms with Gasteiger partial charge in [-0.2, -0.15) is 0 Å². The average molecular weight is 392 g/mol. The van der Waals surface area contributed by atoms with Gasteiger partial charge < -0.3 is 9.47 Å². The summed E-state index contributed by atoms with van der Waals surface area (Å²) in [6.07, 6.45) is 4.93. The minimum Gasteiger partial charge on any atom is -0.452 e. The number of nitrogens with zero attached hydrogens (tertiary/aromatic N) is 1. The van der Waals surface area contributed by atoms with E-state index in [1.807, 2.05) is 0 Å². The summed E-state index contributed by atoms with van der Waals surface area (Å²) in [4.78, 5) is 29.0. The maximum Gasteiger partial charge on any atom is 0.343 e. The number of carbonyl (C=O) groups is 2. The normalized spacial score (nSPS) is 13.9. The number of hydrogen-bond acceptors (Lipinski definition) is 5. The van der Waals surface area contributed by atoms with Gasteiger partial charge in [0.1, 0.15) is 11.5 Å². The SMILES string of the molecule is Cc1cc(OC(=O)c2cccc(Cl)c2)cc2c1C(=O)/C(=C/c1ccncc1)O2. The Labute approximate surface area is 166 Å². The highest BCUT2D eigenvalue weighted by Gasteiger charge is 2.30. The number of ether oxygens (including phenoxy) is 2. The first-order chi connectivity index (χ1) is 13.5. The van der Waals surface area contributed by atoms with Crippen molar-refractivity contribution in [2.75, 3.05) is 0 Å². The van der Waals surface area contributed by atoms with Crippen LogP contribution in [0, 0.1) is 6.92 Å². The van der Waals surface area contributed by atoms with Gasteiger partial charge in [-0.05, 0) is 60.5 Å². The Morgan fingerprint density at radius 3 is 2.68 bits per heavy atom. The standard InChI is InChI=1S/C22H14ClNO4/c1-13-9-17(27-22(26)15-3-2-4-16(23)11-15)12-18-20(13)21(25)19(28-18)10-14-5-7-24-8-6-14/h2-12H,1H3/b19-10-. The zero-order chi connectivity index (χ0) is 19.7. The Bertz CT molecular complexity index is 1120. The number of fused-ring (bicyclic) bond motifs is 1. The molecule has 0 saturated heterocycles. The summed E-state index contributed by atoms with van der Waals surface area (Å²) in [6.45, 7) is 1.77. The van der Waals surface area contributed by atoms with Crippen molar-refractivity contribution < 1.29 is 19.1 Å². The number of esters is 1. The molecule has 0 radical (unpaired) electrons. The smallest absolute Gasteiger partial charge is 0.343 e. The van der Waals surface area contributed by atoms with Gasteiger partial charge >= 0.3 is 5.97 Å². The Balaban J connectivity index is 1.61. The van der Waals surface area contributed by atoms with Gasteiger partial charge in [0.25, 0.3) is 0 Å². The third kappa shape index (κ3) is 3.52. The molecule has 0 saturated carbocycles. The van der Waals surface area contributed by atoms with Gasteiger partial charge in [0.05, 0.1) is 11.1 Å². The van der Waals surface area contributed by atoms with Crippen molar-refractivity contribution in [1.82, 2.24) is 4.98 Å². The molecule has 0 N–H and O–H groups in total. The molecule has 1 aliphatic heterocycles. The van der Waals surface area contributed by atoms with E-state index in [2.05, 4.69) is 4.98 Å². The molecule has 2 heterocycles. The van der Waals surface area contributed by atoms with E-state index in [1.165, 1.54) is 12.1 Å². The molecule has 1 aromatic heterocycles. The quantitative estimate of drug-likeness (QED) is 0.361. The fourth-order valence-electron chi connectivity index (χ4n) is 2.93. The van der Waals surface area contributed by atoms with E-state index in [-0.39, 0.29) is 11.5 Å². The minimum atomic E-state index is -0.543. The number of benzene rings is 2. The van der Waals surface area contributed by atoms with Gasteiger partial charge in [0, 0.05) is 23.5 Å². The molecule has 0 unspecified atom stereocenters. The Kier molecular flexibility index (Phi) is 4.67. The van der Waals surface area contributed by atoms with Crippen LogP contribution in [0.1, 0.15) is 31.8 Å². The number of halogens is 1. The maximum absolute atomic E-state index is 12.7. The molecule has 28 heavy (non-hydrogen) atoms. The van der Waals surface area contributed by atoms with Gasteiger partial charge in [-0.15, -0.1) is 0 Å². The van der Waals surface area contributed by atoms with Crippen LogP contribution >= 0.6 is 11.6 Å². The molecule has 6 heteroatoms. The van der Waals surface area contributed by atoms with E-state index in [4.69, 9.17) is 21.1 Å². The molecule has 5 nitrogen and oxygen atoms in total. The molecule has 0 spiro atoms. The molecule has 4 rings (SSSR count). The van der Waals surface area contributed by atoms with Crippen molar-refractivity contribution >= 4 is 29.4 Å². The second kappa shape index (κ2) is 7.29. The molecule has 0 fully saturated rings. The molecule has 2 aromatic carbocycles. The third-order valence-electron chi connectivity index (χ3n) is 4.22.